The smallest absolute Gasteiger partial charge is 0.407 e. The molecule has 1 heterocycles. The molecule has 0 bridgehead atoms. The number of carboxylic acid groups (broad SMARTS) is 1. The second-order valence-corrected chi connectivity index (χ2v) is 9.33. The normalized spacial score (nSPS) is 16.4. The van der Waals surface area contributed by atoms with Crippen LogP contribution in [0.1, 0.15) is 56.1 Å². The second kappa shape index (κ2) is 10.7. The first-order valence-electron chi connectivity index (χ1n) is 12.0. The number of alkyl carbamates (subject to hydrolysis) is 1. The molecular formula is C27H32N2O5. The molecule has 2 aromatic carbocycles. The summed E-state index contributed by atoms with van der Waals surface area (Å²) < 4.78 is 5.57. The number of carbonyl (C=O) groups excluding carboxylic acids is 2. The van der Waals surface area contributed by atoms with Crippen LogP contribution in [0.5, 0.6) is 0 Å². The fourth-order valence-corrected chi connectivity index (χ4v) is 5.08. The Morgan fingerprint density at radius 3 is 2.21 bits per heavy atom. The number of hydrogen-bond donors (Lipinski definition) is 2. The van der Waals surface area contributed by atoms with E-state index in [1.807, 2.05) is 29.2 Å². The van der Waals surface area contributed by atoms with Crippen LogP contribution in [0.3, 0.4) is 0 Å². The van der Waals surface area contributed by atoms with Crippen molar-refractivity contribution in [3.8, 4) is 11.1 Å². The Balaban J connectivity index is 1.23. The SMILES string of the molecule is C[C@@H](CC(=O)N1CCC(CCC(=O)O)CC1)NC(=O)OCC1c2ccccc2-c2ccccc21. The zero-order valence-electron chi connectivity index (χ0n) is 19.5. The molecule has 7 heteroatoms. The highest BCUT2D eigenvalue weighted by atomic mass is 16.5. The molecule has 2 aliphatic rings. The maximum absolute atomic E-state index is 12.6. The van der Waals surface area contributed by atoms with Crippen molar-refractivity contribution >= 4 is 18.0 Å². The number of piperidine rings is 1. The number of benzene rings is 2. The van der Waals surface area contributed by atoms with Gasteiger partial charge in [0.25, 0.3) is 0 Å². The Labute approximate surface area is 200 Å². The van der Waals surface area contributed by atoms with Crippen molar-refractivity contribution in [2.24, 2.45) is 5.92 Å². The minimum atomic E-state index is -0.772. The quantitative estimate of drug-likeness (QED) is 0.603. The fourth-order valence-electron chi connectivity index (χ4n) is 5.08. The number of amides is 2. The van der Waals surface area contributed by atoms with Gasteiger partial charge >= 0.3 is 12.1 Å². The summed E-state index contributed by atoms with van der Waals surface area (Å²) in [5.41, 5.74) is 4.67. The van der Waals surface area contributed by atoms with Crippen LogP contribution < -0.4 is 5.32 Å². The van der Waals surface area contributed by atoms with Crippen LogP contribution in [0.2, 0.25) is 0 Å². The number of fused-ring (bicyclic) bond motifs is 3. The summed E-state index contributed by atoms with van der Waals surface area (Å²) in [5, 5.41) is 11.6. The minimum absolute atomic E-state index is 0.00230. The first-order valence-corrected chi connectivity index (χ1v) is 12.0. The van der Waals surface area contributed by atoms with Gasteiger partial charge in [0.15, 0.2) is 0 Å². The number of carbonyl (C=O) groups is 3. The van der Waals surface area contributed by atoms with Gasteiger partial charge in [-0.1, -0.05) is 48.5 Å². The number of carboxylic acids is 1. The Hall–Kier alpha value is -3.35. The molecule has 1 fully saturated rings. The standard InChI is InChI=1S/C27H32N2O5/c1-18(16-25(30)29-14-12-19(13-15-29)10-11-26(31)32)28-27(33)34-17-24-22-8-4-2-6-20(22)21-7-3-5-9-23(21)24/h2-9,18-19,24H,10-17H2,1H3,(H,28,33)(H,31,32)/t18-/m0/s1. The zero-order valence-corrected chi connectivity index (χ0v) is 19.5. The molecule has 0 saturated carbocycles. The van der Waals surface area contributed by atoms with E-state index in [4.69, 9.17) is 9.84 Å². The van der Waals surface area contributed by atoms with Gasteiger partial charge in [0, 0.05) is 37.9 Å². The highest BCUT2D eigenvalue weighted by Gasteiger charge is 2.29. The average Bonchev–Trinajstić information content (AvgIpc) is 3.15. The third-order valence-electron chi connectivity index (χ3n) is 6.92. The summed E-state index contributed by atoms with van der Waals surface area (Å²) >= 11 is 0. The van der Waals surface area contributed by atoms with E-state index in [0.29, 0.717) is 25.4 Å². The summed E-state index contributed by atoms with van der Waals surface area (Å²) in [6.07, 6.45) is 2.19. The summed E-state index contributed by atoms with van der Waals surface area (Å²) in [5.74, 6) is -0.413. The number of rotatable bonds is 8. The molecule has 7 nitrogen and oxygen atoms in total. The molecular weight excluding hydrogens is 432 g/mol. The molecule has 0 radical (unpaired) electrons. The van der Waals surface area contributed by atoms with E-state index in [-0.39, 0.29) is 37.3 Å². The van der Waals surface area contributed by atoms with E-state index in [0.717, 1.165) is 24.0 Å². The van der Waals surface area contributed by atoms with Crippen LogP contribution in [0, 0.1) is 5.92 Å². The van der Waals surface area contributed by atoms with E-state index >= 15 is 0 Å². The molecule has 34 heavy (non-hydrogen) atoms. The molecule has 0 unspecified atom stereocenters. The molecule has 1 aliphatic carbocycles. The van der Waals surface area contributed by atoms with Crippen molar-refractivity contribution in [3.63, 3.8) is 0 Å². The molecule has 0 spiro atoms. The fraction of sp³-hybridized carbons (Fsp3) is 0.444. The summed E-state index contributed by atoms with van der Waals surface area (Å²) in [6.45, 7) is 3.32. The van der Waals surface area contributed by atoms with Crippen LogP contribution in [-0.2, 0) is 14.3 Å². The Morgan fingerprint density at radius 1 is 1.03 bits per heavy atom. The van der Waals surface area contributed by atoms with Crippen molar-refractivity contribution in [2.45, 2.75) is 51.0 Å². The molecule has 1 atom stereocenters. The number of aliphatic carboxylic acids is 1. The number of ether oxygens (including phenoxy) is 1. The number of hydrogen-bond acceptors (Lipinski definition) is 4. The molecule has 1 saturated heterocycles. The lowest BCUT2D eigenvalue weighted by Gasteiger charge is -2.32. The highest BCUT2D eigenvalue weighted by molar-refractivity contribution is 5.79. The first kappa shape index (κ1) is 23.8. The van der Waals surface area contributed by atoms with Crippen molar-refractivity contribution in [3.05, 3.63) is 59.7 Å². The van der Waals surface area contributed by atoms with Crippen LogP contribution in [0.4, 0.5) is 4.79 Å². The summed E-state index contributed by atoms with van der Waals surface area (Å²) in [4.78, 5) is 37.7. The molecule has 1 aliphatic heterocycles. The third kappa shape index (κ3) is 5.58. The lowest BCUT2D eigenvalue weighted by atomic mass is 9.92. The average molecular weight is 465 g/mol. The lowest BCUT2D eigenvalue weighted by molar-refractivity contribution is -0.138. The van der Waals surface area contributed by atoms with Gasteiger partial charge < -0.3 is 20.1 Å². The van der Waals surface area contributed by atoms with Gasteiger partial charge in [0.1, 0.15) is 6.61 Å². The largest absolute Gasteiger partial charge is 0.481 e. The van der Waals surface area contributed by atoms with Gasteiger partial charge in [-0.05, 0) is 54.4 Å². The Kier molecular flexibility index (Phi) is 7.50. The van der Waals surface area contributed by atoms with Gasteiger partial charge in [-0.2, -0.15) is 0 Å². The number of nitrogens with one attached hydrogen (secondary N) is 1. The van der Waals surface area contributed by atoms with E-state index in [1.54, 1.807) is 6.92 Å². The van der Waals surface area contributed by atoms with Crippen LogP contribution in [-0.4, -0.2) is 53.7 Å². The van der Waals surface area contributed by atoms with E-state index in [1.165, 1.54) is 11.1 Å². The van der Waals surface area contributed by atoms with Crippen molar-refractivity contribution in [2.75, 3.05) is 19.7 Å². The van der Waals surface area contributed by atoms with Crippen molar-refractivity contribution in [1.29, 1.82) is 0 Å². The first-order chi connectivity index (χ1) is 16.4. The molecule has 180 valence electrons. The van der Waals surface area contributed by atoms with Crippen molar-refractivity contribution < 1.29 is 24.2 Å². The molecule has 2 N–H and O–H groups in total. The van der Waals surface area contributed by atoms with Gasteiger partial charge in [-0.3, -0.25) is 9.59 Å². The molecule has 4 rings (SSSR count). The maximum Gasteiger partial charge on any atom is 0.407 e. The lowest BCUT2D eigenvalue weighted by Crippen LogP contribution is -2.42. The van der Waals surface area contributed by atoms with E-state index in [9.17, 15) is 14.4 Å². The van der Waals surface area contributed by atoms with E-state index in [2.05, 4.69) is 29.6 Å². The zero-order chi connectivity index (χ0) is 24.1. The Bertz CT molecular complexity index is 999. The van der Waals surface area contributed by atoms with Crippen LogP contribution >= 0.6 is 0 Å². The monoisotopic (exact) mass is 464 g/mol. The second-order valence-electron chi connectivity index (χ2n) is 9.33. The van der Waals surface area contributed by atoms with Gasteiger partial charge in [0.2, 0.25) is 5.91 Å². The van der Waals surface area contributed by atoms with Gasteiger partial charge in [-0.25, -0.2) is 4.79 Å². The van der Waals surface area contributed by atoms with E-state index < -0.39 is 12.1 Å². The molecule has 2 aromatic rings. The topological polar surface area (TPSA) is 95.9 Å². The minimum Gasteiger partial charge on any atom is -0.481 e. The predicted octanol–water partition coefficient (Wildman–Crippen LogP) is 4.41. The Morgan fingerprint density at radius 2 is 1.62 bits per heavy atom. The molecule has 2 amide bonds. The van der Waals surface area contributed by atoms with Gasteiger partial charge in [-0.15, -0.1) is 0 Å². The predicted molar refractivity (Wildman–Crippen MR) is 128 cm³/mol. The summed E-state index contributed by atoms with van der Waals surface area (Å²) in [6, 6.07) is 16.0. The van der Waals surface area contributed by atoms with Crippen molar-refractivity contribution in [1.82, 2.24) is 10.2 Å². The number of nitrogens with zero attached hydrogens (tertiary/aromatic N) is 1. The molecule has 0 aromatic heterocycles. The number of likely N-dealkylation sites (tertiary alicyclic amines) is 1. The van der Waals surface area contributed by atoms with Crippen LogP contribution in [0.15, 0.2) is 48.5 Å². The highest BCUT2D eigenvalue weighted by Crippen LogP contribution is 2.44. The van der Waals surface area contributed by atoms with Crippen LogP contribution in [0.25, 0.3) is 11.1 Å². The summed E-state index contributed by atoms with van der Waals surface area (Å²) in [7, 11) is 0. The third-order valence-corrected chi connectivity index (χ3v) is 6.92. The maximum atomic E-state index is 12.6. The van der Waals surface area contributed by atoms with Gasteiger partial charge in [0.05, 0.1) is 0 Å².